The molecular weight excluding hydrogens is 264 g/mol. The third-order valence-electron chi connectivity index (χ3n) is 3.94. The zero-order valence-corrected chi connectivity index (χ0v) is 13.0. The van der Waals surface area contributed by atoms with Crippen LogP contribution in [0.5, 0.6) is 0 Å². The van der Waals surface area contributed by atoms with Crippen molar-refractivity contribution < 1.29 is 4.79 Å². The second kappa shape index (κ2) is 8.31. The van der Waals surface area contributed by atoms with E-state index in [1.807, 2.05) is 23.9 Å². The minimum absolute atomic E-state index is 0.227. The van der Waals surface area contributed by atoms with Gasteiger partial charge >= 0.3 is 0 Å². The van der Waals surface area contributed by atoms with E-state index in [2.05, 4.69) is 18.7 Å². The number of thioether (sulfide) groups is 1. The van der Waals surface area contributed by atoms with Crippen LogP contribution >= 0.6 is 11.8 Å². The maximum atomic E-state index is 12.0. The average molecular weight is 288 g/mol. The van der Waals surface area contributed by atoms with Crippen LogP contribution in [0.2, 0.25) is 0 Å². The molecule has 20 heavy (non-hydrogen) atoms. The Morgan fingerprint density at radius 3 is 2.85 bits per heavy atom. The van der Waals surface area contributed by atoms with E-state index in [1.54, 1.807) is 6.08 Å². The molecule has 0 bridgehead atoms. The summed E-state index contributed by atoms with van der Waals surface area (Å²) in [5.41, 5.74) is 0.848. The van der Waals surface area contributed by atoms with E-state index in [0.29, 0.717) is 6.42 Å². The standard InChI is InChI=1S/C18H24OS/c1-2-3-12-18(19)16-10-7-11-17(13-16)20-14-15-8-5-4-6-9-15/h2,7,10-11,13,15H,1,3-6,8-9,12,14H2. The van der Waals surface area contributed by atoms with E-state index in [9.17, 15) is 4.79 Å². The number of carbonyl (C=O) groups is 1. The largest absolute Gasteiger partial charge is 0.294 e. The lowest BCUT2D eigenvalue weighted by Gasteiger charge is -2.20. The molecule has 0 spiro atoms. The van der Waals surface area contributed by atoms with Crippen LogP contribution in [0.3, 0.4) is 0 Å². The first-order valence-corrected chi connectivity index (χ1v) is 8.65. The molecule has 0 amide bonds. The minimum Gasteiger partial charge on any atom is -0.294 e. The van der Waals surface area contributed by atoms with Gasteiger partial charge in [0.1, 0.15) is 0 Å². The van der Waals surface area contributed by atoms with Crippen molar-refractivity contribution >= 4 is 17.5 Å². The number of rotatable bonds is 7. The number of ketones is 1. The van der Waals surface area contributed by atoms with Crippen molar-refractivity contribution in [2.75, 3.05) is 5.75 Å². The number of allylic oxidation sites excluding steroid dienone is 1. The van der Waals surface area contributed by atoms with Crippen molar-refractivity contribution in [3.63, 3.8) is 0 Å². The van der Waals surface area contributed by atoms with Gasteiger partial charge in [-0.25, -0.2) is 0 Å². The first-order valence-electron chi connectivity index (χ1n) is 7.66. The average Bonchev–Trinajstić information content (AvgIpc) is 2.52. The molecule has 2 rings (SSSR count). The summed E-state index contributed by atoms with van der Waals surface area (Å²) in [4.78, 5) is 13.2. The highest BCUT2D eigenvalue weighted by Crippen LogP contribution is 2.30. The normalized spacial score (nSPS) is 16.0. The van der Waals surface area contributed by atoms with Gasteiger partial charge in [-0.2, -0.15) is 0 Å². The molecule has 0 heterocycles. The molecule has 0 radical (unpaired) electrons. The van der Waals surface area contributed by atoms with Crippen LogP contribution in [-0.4, -0.2) is 11.5 Å². The third-order valence-corrected chi connectivity index (χ3v) is 5.17. The van der Waals surface area contributed by atoms with Crippen molar-refractivity contribution in [1.29, 1.82) is 0 Å². The molecule has 1 aromatic carbocycles. The minimum atomic E-state index is 0.227. The first-order chi connectivity index (χ1) is 9.79. The summed E-state index contributed by atoms with van der Waals surface area (Å²) >= 11 is 1.91. The van der Waals surface area contributed by atoms with Gasteiger partial charge in [0, 0.05) is 22.6 Å². The highest BCUT2D eigenvalue weighted by Gasteiger charge is 2.14. The highest BCUT2D eigenvalue weighted by molar-refractivity contribution is 7.99. The predicted molar refractivity (Wildman–Crippen MR) is 87.5 cm³/mol. The van der Waals surface area contributed by atoms with Gasteiger partial charge in [0.25, 0.3) is 0 Å². The number of carbonyl (C=O) groups excluding carboxylic acids is 1. The van der Waals surface area contributed by atoms with Crippen LogP contribution in [0.15, 0.2) is 41.8 Å². The lowest BCUT2D eigenvalue weighted by atomic mass is 9.91. The Morgan fingerprint density at radius 1 is 1.30 bits per heavy atom. The molecule has 1 aromatic rings. The molecule has 0 atom stereocenters. The van der Waals surface area contributed by atoms with Crippen LogP contribution in [0.1, 0.15) is 55.3 Å². The zero-order valence-electron chi connectivity index (χ0n) is 12.1. The van der Waals surface area contributed by atoms with Gasteiger partial charge in [-0.1, -0.05) is 37.5 Å². The fourth-order valence-electron chi connectivity index (χ4n) is 2.70. The molecule has 2 heteroatoms. The van der Waals surface area contributed by atoms with E-state index in [4.69, 9.17) is 0 Å². The number of hydrogen-bond acceptors (Lipinski definition) is 2. The number of hydrogen-bond donors (Lipinski definition) is 0. The molecule has 1 aliphatic carbocycles. The van der Waals surface area contributed by atoms with Crippen molar-refractivity contribution in [2.45, 2.75) is 49.8 Å². The second-order valence-electron chi connectivity index (χ2n) is 5.59. The Morgan fingerprint density at radius 2 is 2.10 bits per heavy atom. The number of benzene rings is 1. The maximum Gasteiger partial charge on any atom is 0.163 e. The second-order valence-corrected chi connectivity index (χ2v) is 6.69. The van der Waals surface area contributed by atoms with Gasteiger partial charge in [0.2, 0.25) is 0 Å². The SMILES string of the molecule is C=CCCC(=O)c1cccc(SCC2CCCCC2)c1. The Labute approximate surface area is 126 Å². The fraction of sp³-hybridized carbons (Fsp3) is 0.500. The van der Waals surface area contributed by atoms with Crippen molar-refractivity contribution in [3.05, 3.63) is 42.5 Å². The Kier molecular flexibility index (Phi) is 6.38. The quantitative estimate of drug-likeness (QED) is 0.374. The lowest BCUT2D eigenvalue weighted by Crippen LogP contribution is -2.08. The van der Waals surface area contributed by atoms with Crippen LogP contribution in [0.4, 0.5) is 0 Å². The molecule has 1 fully saturated rings. The Balaban J connectivity index is 1.88. The smallest absolute Gasteiger partial charge is 0.163 e. The van der Waals surface area contributed by atoms with Crippen molar-refractivity contribution in [2.24, 2.45) is 5.92 Å². The van der Waals surface area contributed by atoms with Gasteiger partial charge in [0.15, 0.2) is 5.78 Å². The summed E-state index contributed by atoms with van der Waals surface area (Å²) < 4.78 is 0. The number of Topliss-reactive ketones (excluding diaryl/α,β-unsaturated/α-hetero) is 1. The molecule has 0 N–H and O–H groups in total. The Bertz CT molecular complexity index is 446. The van der Waals surface area contributed by atoms with Gasteiger partial charge in [-0.15, -0.1) is 18.3 Å². The highest BCUT2D eigenvalue weighted by atomic mass is 32.2. The van der Waals surface area contributed by atoms with Crippen LogP contribution in [0.25, 0.3) is 0 Å². The Hall–Kier alpha value is -1.02. The molecule has 1 nitrogen and oxygen atoms in total. The predicted octanol–water partition coefficient (Wildman–Crippen LogP) is 5.51. The van der Waals surface area contributed by atoms with E-state index >= 15 is 0 Å². The summed E-state index contributed by atoms with van der Waals surface area (Å²) in [5.74, 6) is 2.29. The van der Waals surface area contributed by atoms with E-state index in [-0.39, 0.29) is 5.78 Å². The lowest BCUT2D eigenvalue weighted by molar-refractivity contribution is 0.0983. The zero-order chi connectivity index (χ0) is 14.2. The van der Waals surface area contributed by atoms with Gasteiger partial charge in [0.05, 0.1) is 0 Å². The van der Waals surface area contributed by atoms with Gasteiger partial charge in [-0.05, 0) is 37.3 Å². The summed E-state index contributed by atoms with van der Waals surface area (Å²) in [6.45, 7) is 3.67. The maximum absolute atomic E-state index is 12.0. The van der Waals surface area contributed by atoms with Gasteiger partial charge < -0.3 is 0 Å². The van der Waals surface area contributed by atoms with Crippen molar-refractivity contribution in [1.82, 2.24) is 0 Å². The topological polar surface area (TPSA) is 17.1 Å². The molecule has 0 saturated heterocycles. The summed E-state index contributed by atoms with van der Waals surface area (Å²) in [5, 5.41) is 0. The van der Waals surface area contributed by atoms with Gasteiger partial charge in [-0.3, -0.25) is 4.79 Å². The van der Waals surface area contributed by atoms with Crippen LogP contribution in [0, 0.1) is 5.92 Å². The van der Waals surface area contributed by atoms with Crippen molar-refractivity contribution in [3.8, 4) is 0 Å². The summed E-state index contributed by atoms with van der Waals surface area (Å²) in [6, 6.07) is 8.11. The summed E-state index contributed by atoms with van der Waals surface area (Å²) in [7, 11) is 0. The van der Waals surface area contributed by atoms with E-state index < -0.39 is 0 Å². The fourth-order valence-corrected chi connectivity index (χ4v) is 3.85. The summed E-state index contributed by atoms with van der Waals surface area (Å²) in [6.07, 6.45) is 10.1. The van der Waals surface area contributed by atoms with E-state index in [1.165, 1.54) is 42.8 Å². The van der Waals surface area contributed by atoms with E-state index in [0.717, 1.165) is 17.9 Å². The molecule has 108 valence electrons. The van der Waals surface area contributed by atoms with Crippen LogP contribution in [-0.2, 0) is 0 Å². The molecule has 0 aliphatic heterocycles. The van der Waals surface area contributed by atoms with Crippen LogP contribution < -0.4 is 0 Å². The molecule has 0 aromatic heterocycles. The molecule has 1 saturated carbocycles. The molecule has 0 unspecified atom stereocenters. The molecule has 1 aliphatic rings. The first kappa shape index (κ1) is 15.4. The molecular formula is C18H24OS. The third kappa shape index (κ3) is 4.82. The monoisotopic (exact) mass is 288 g/mol.